The van der Waals surface area contributed by atoms with Gasteiger partial charge in [0.15, 0.2) is 0 Å². The van der Waals surface area contributed by atoms with E-state index in [-0.39, 0.29) is 12.6 Å². The van der Waals surface area contributed by atoms with Crippen LogP contribution in [-0.4, -0.2) is 5.97 Å². The second kappa shape index (κ2) is 6.49. The molecule has 2 fully saturated rings. The summed E-state index contributed by atoms with van der Waals surface area (Å²) in [6.07, 6.45) is 5.50. The Balaban J connectivity index is 1.48. The van der Waals surface area contributed by atoms with Crippen molar-refractivity contribution in [2.24, 2.45) is 17.8 Å². The lowest BCUT2D eigenvalue weighted by Gasteiger charge is -2.20. The lowest BCUT2D eigenvalue weighted by atomic mass is 9.86. The molecule has 0 amide bonds. The van der Waals surface area contributed by atoms with Crippen LogP contribution in [0.4, 0.5) is 0 Å². The van der Waals surface area contributed by atoms with Gasteiger partial charge in [0.05, 0.1) is 0 Å². The van der Waals surface area contributed by atoms with E-state index in [9.17, 15) is 9.59 Å². The molecule has 1 aromatic heterocycles. The summed E-state index contributed by atoms with van der Waals surface area (Å²) < 4.78 is 10.7. The van der Waals surface area contributed by atoms with E-state index in [0.717, 1.165) is 17.9 Å². The van der Waals surface area contributed by atoms with Crippen molar-refractivity contribution in [2.45, 2.75) is 45.6 Å². The quantitative estimate of drug-likeness (QED) is 0.589. The fourth-order valence-corrected chi connectivity index (χ4v) is 4.69. The van der Waals surface area contributed by atoms with E-state index in [1.165, 1.54) is 25.3 Å². The van der Waals surface area contributed by atoms with E-state index in [4.69, 9.17) is 20.8 Å². The molecule has 25 heavy (non-hydrogen) atoms. The first-order valence-electron chi connectivity index (χ1n) is 8.88. The molecule has 3 atom stereocenters. The van der Waals surface area contributed by atoms with E-state index in [1.807, 2.05) is 6.92 Å². The monoisotopic (exact) mass is 360 g/mol. The predicted molar refractivity (Wildman–Crippen MR) is 95.6 cm³/mol. The molecule has 5 heteroatoms. The van der Waals surface area contributed by atoms with Crippen LogP contribution in [0.3, 0.4) is 0 Å². The summed E-state index contributed by atoms with van der Waals surface area (Å²) in [6, 6.07) is 4.87. The van der Waals surface area contributed by atoms with Gasteiger partial charge in [-0.05, 0) is 61.6 Å². The van der Waals surface area contributed by atoms with Gasteiger partial charge in [0.1, 0.15) is 12.2 Å². The molecule has 4 rings (SSSR count). The van der Waals surface area contributed by atoms with Crippen LogP contribution < -0.4 is 5.63 Å². The normalized spacial score (nSPS) is 24.8. The Hall–Kier alpha value is -1.81. The SMILES string of the molecule is Cc1cc2oc(=O)cc(COC(=O)C[C@@H]3C[C@@H]4CC[C@@H]3C4)c2cc1Cl. The minimum absolute atomic E-state index is 0.0706. The second-order valence-electron chi connectivity index (χ2n) is 7.49. The number of carbonyl (C=O) groups excluding carboxylic acids is 1. The molecule has 0 radical (unpaired) electrons. The third-order valence-corrected chi connectivity index (χ3v) is 6.22. The average Bonchev–Trinajstić information content (AvgIpc) is 3.17. The van der Waals surface area contributed by atoms with Crippen molar-refractivity contribution < 1.29 is 13.9 Å². The van der Waals surface area contributed by atoms with Gasteiger partial charge < -0.3 is 9.15 Å². The molecule has 2 saturated carbocycles. The number of carbonyl (C=O) groups is 1. The number of hydrogen-bond donors (Lipinski definition) is 0. The van der Waals surface area contributed by atoms with Crippen LogP contribution in [0.2, 0.25) is 5.02 Å². The molecule has 2 aliphatic carbocycles. The smallest absolute Gasteiger partial charge is 0.336 e. The summed E-state index contributed by atoms with van der Waals surface area (Å²) in [7, 11) is 0. The Kier molecular flexibility index (Phi) is 4.32. The van der Waals surface area contributed by atoms with Crippen molar-refractivity contribution in [1.82, 2.24) is 0 Å². The van der Waals surface area contributed by atoms with Crippen molar-refractivity contribution in [3.05, 3.63) is 44.8 Å². The van der Waals surface area contributed by atoms with Gasteiger partial charge in [0, 0.05) is 28.5 Å². The number of hydrogen-bond acceptors (Lipinski definition) is 4. The first-order chi connectivity index (χ1) is 12.0. The summed E-state index contributed by atoms with van der Waals surface area (Å²) in [5.74, 6) is 1.80. The molecular weight excluding hydrogens is 340 g/mol. The van der Waals surface area contributed by atoms with Crippen LogP contribution in [0.25, 0.3) is 11.0 Å². The molecule has 0 unspecified atom stereocenters. The molecule has 2 bridgehead atoms. The topological polar surface area (TPSA) is 56.5 Å². The van der Waals surface area contributed by atoms with Crippen LogP contribution in [0.5, 0.6) is 0 Å². The zero-order valence-electron chi connectivity index (χ0n) is 14.2. The number of rotatable bonds is 4. The molecule has 1 aromatic carbocycles. The van der Waals surface area contributed by atoms with Gasteiger partial charge in [-0.1, -0.05) is 18.0 Å². The molecule has 4 nitrogen and oxygen atoms in total. The Morgan fingerprint density at radius 1 is 1.28 bits per heavy atom. The van der Waals surface area contributed by atoms with E-state index in [1.54, 1.807) is 12.1 Å². The minimum atomic E-state index is -0.451. The van der Waals surface area contributed by atoms with Crippen molar-refractivity contribution >= 4 is 28.5 Å². The van der Waals surface area contributed by atoms with Crippen molar-refractivity contribution in [3.63, 3.8) is 0 Å². The van der Waals surface area contributed by atoms with Crippen LogP contribution in [0.15, 0.2) is 27.4 Å². The molecule has 132 valence electrons. The molecule has 0 N–H and O–H groups in total. The van der Waals surface area contributed by atoms with Gasteiger partial charge in [-0.25, -0.2) is 4.79 Å². The molecule has 0 saturated heterocycles. The summed E-state index contributed by atoms with van der Waals surface area (Å²) in [5, 5.41) is 1.30. The molecular formula is C20H21ClO4. The number of benzene rings is 1. The Labute approximate surface area is 151 Å². The second-order valence-corrected chi connectivity index (χ2v) is 7.90. The number of esters is 1. The fourth-order valence-electron chi connectivity index (χ4n) is 4.53. The first kappa shape index (κ1) is 16.6. The van der Waals surface area contributed by atoms with Gasteiger partial charge in [-0.3, -0.25) is 4.79 Å². The maximum Gasteiger partial charge on any atom is 0.336 e. The maximum absolute atomic E-state index is 12.2. The summed E-state index contributed by atoms with van der Waals surface area (Å²) in [4.78, 5) is 24.0. The van der Waals surface area contributed by atoms with Crippen LogP contribution in [0, 0.1) is 24.7 Å². The zero-order valence-corrected chi connectivity index (χ0v) is 15.0. The predicted octanol–water partition coefficient (Wildman–Crippen LogP) is 4.62. The largest absolute Gasteiger partial charge is 0.461 e. The molecule has 0 spiro atoms. The standard InChI is InChI=1S/C20H21ClO4/c1-11-4-18-16(9-17(11)21)15(8-20(23)25-18)10-24-19(22)7-14-6-12-2-3-13(14)5-12/h4,8-9,12-14H,2-3,5-7,10H2,1H3/t12-,13-,14+/m1/s1. The molecule has 2 aliphatic rings. The van der Waals surface area contributed by atoms with E-state index < -0.39 is 5.63 Å². The van der Waals surface area contributed by atoms with Crippen molar-refractivity contribution in [3.8, 4) is 0 Å². The summed E-state index contributed by atoms with van der Waals surface area (Å²) in [5.41, 5.74) is 1.49. The zero-order chi connectivity index (χ0) is 17.6. The van der Waals surface area contributed by atoms with Gasteiger partial charge in [-0.2, -0.15) is 0 Å². The van der Waals surface area contributed by atoms with E-state index in [2.05, 4.69) is 0 Å². The number of ether oxygens (including phenoxy) is 1. The van der Waals surface area contributed by atoms with Gasteiger partial charge in [0.2, 0.25) is 0 Å². The van der Waals surface area contributed by atoms with Crippen molar-refractivity contribution in [2.75, 3.05) is 0 Å². The highest BCUT2D eigenvalue weighted by atomic mass is 35.5. The van der Waals surface area contributed by atoms with Gasteiger partial charge in [-0.15, -0.1) is 0 Å². The first-order valence-corrected chi connectivity index (χ1v) is 9.26. The Morgan fingerprint density at radius 3 is 2.84 bits per heavy atom. The summed E-state index contributed by atoms with van der Waals surface area (Å²) in [6.45, 7) is 1.92. The molecule has 0 aliphatic heterocycles. The van der Waals surface area contributed by atoms with Crippen molar-refractivity contribution in [1.29, 1.82) is 0 Å². The average molecular weight is 361 g/mol. The number of aryl methyl sites for hydroxylation is 1. The van der Waals surface area contributed by atoms with Crippen LogP contribution in [0.1, 0.15) is 43.2 Å². The third-order valence-electron chi connectivity index (χ3n) is 5.81. The highest BCUT2D eigenvalue weighted by molar-refractivity contribution is 6.32. The van der Waals surface area contributed by atoms with E-state index in [0.29, 0.717) is 39.8 Å². The highest BCUT2D eigenvalue weighted by Crippen LogP contribution is 2.49. The third kappa shape index (κ3) is 3.32. The van der Waals surface area contributed by atoms with Crippen LogP contribution in [-0.2, 0) is 16.1 Å². The van der Waals surface area contributed by atoms with Gasteiger partial charge >= 0.3 is 11.6 Å². The Morgan fingerprint density at radius 2 is 2.12 bits per heavy atom. The Bertz CT molecular complexity index is 885. The minimum Gasteiger partial charge on any atom is -0.461 e. The van der Waals surface area contributed by atoms with Gasteiger partial charge in [0.25, 0.3) is 0 Å². The van der Waals surface area contributed by atoms with E-state index >= 15 is 0 Å². The lowest BCUT2D eigenvalue weighted by molar-refractivity contribution is -0.146. The molecule has 1 heterocycles. The number of fused-ring (bicyclic) bond motifs is 3. The highest BCUT2D eigenvalue weighted by Gasteiger charge is 2.40. The molecule has 2 aromatic rings. The number of halogens is 1. The van der Waals surface area contributed by atoms with Crippen LogP contribution >= 0.6 is 11.6 Å². The lowest BCUT2D eigenvalue weighted by Crippen LogP contribution is -2.17. The summed E-state index contributed by atoms with van der Waals surface area (Å²) >= 11 is 6.18. The fraction of sp³-hybridized carbons (Fsp3) is 0.500. The maximum atomic E-state index is 12.2.